The molecule has 0 aliphatic heterocycles. The van der Waals surface area contributed by atoms with E-state index in [0.717, 1.165) is 37.7 Å². The number of rotatable bonds is 10. The number of nitrogens with one attached hydrogen (secondary N) is 1. The number of benzene rings is 1. The Labute approximate surface area is 131 Å². The van der Waals surface area contributed by atoms with Crippen LogP contribution in [0.3, 0.4) is 0 Å². The molecule has 0 radical (unpaired) electrons. The Morgan fingerprint density at radius 3 is 2.50 bits per heavy atom. The quantitative estimate of drug-likeness (QED) is 0.646. The molecule has 0 aliphatic carbocycles. The highest BCUT2D eigenvalue weighted by Gasteiger charge is 2.08. The predicted molar refractivity (Wildman–Crippen MR) is 84.6 cm³/mol. The maximum atomic E-state index is 11.6. The molecular formula is C17H25NO4. The minimum Gasteiger partial charge on any atom is -0.481 e. The number of hydrogen-bond donors (Lipinski definition) is 2. The topological polar surface area (TPSA) is 75.6 Å². The highest BCUT2D eigenvalue weighted by Crippen LogP contribution is 2.08. The fourth-order valence-corrected chi connectivity index (χ4v) is 2.12. The Bertz CT molecular complexity index is 447. The molecule has 1 atom stereocenters. The first-order valence-electron chi connectivity index (χ1n) is 7.77. The van der Waals surface area contributed by atoms with Crippen molar-refractivity contribution in [2.24, 2.45) is 0 Å². The number of ether oxygens (including phenoxy) is 1. The van der Waals surface area contributed by atoms with Crippen molar-refractivity contribution in [3.8, 4) is 0 Å². The van der Waals surface area contributed by atoms with E-state index in [1.807, 2.05) is 37.3 Å². The number of amides is 1. The molecule has 0 aliphatic rings. The summed E-state index contributed by atoms with van der Waals surface area (Å²) in [4.78, 5) is 22.0. The van der Waals surface area contributed by atoms with E-state index in [0.29, 0.717) is 0 Å². The molecule has 0 fully saturated rings. The molecule has 0 saturated carbocycles. The number of aliphatic carboxylic acids is 1. The maximum absolute atomic E-state index is 11.6. The summed E-state index contributed by atoms with van der Waals surface area (Å²) in [5.74, 6) is -0.740. The summed E-state index contributed by atoms with van der Waals surface area (Å²) in [6.45, 7) is 2.22. The minimum absolute atomic E-state index is 0.0581. The number of alkyl carbamates (subject to hydrolysis) is 1. The third kappa shape index (κ3) is 9.00. The number of carbonyl (C=O) groups is 2. The first kappa shape index (κ1) is 18.0. The zero-order chi connectivity index (χ0) is 16.2. The summed E-state index contributed by atoms with van der Waals surface area (Å²) in [5.41, 5.74) is 0.962. The van der Waals surface area contributed by atoms with Gasteiger partial charge in [0.05, 0.1) is 0 Å². The van der Waals surface area contributed by atoms with Crippen LogP contribution in [0, 0.1) is 0 Å². The van der Waals surface area contributed by atoms with Crippen LogP contribution < -0.4 is 5.32 Å². The van der Waals surface area contributed by atoms with Crippen molar-refractivity contribution in [3.05, 3.63) is 35.9 Å². The van der Waals surface area contributed by atoms with E-state index < -0.39 is 12.1 Å². The fraction of sp³-hybridized carbons (Fsp3) is 0.529. The van der Waals surface area contributed by atoms with E-state index in [-0.39, 0.29) is 19.1 Å². The molecule has 1 amide bonds. The molecule has 1 unspecified atom stereocenters. The molecule has 0 heterocycles. The Kier molecular flexibility index (Phi) is 8.72. The second-order valence-corrected chi connectivity index (χ2v) is 5.45. The lowest BCUT2D eigenvalue weighted by atomic mass is 10.1. The van der Waals surface area contributed by atoms with Gasteiger partial charge in [0, 0.05) is 12.5 Å². The molecule has 1 rings (SSSR count). The highest BCUT2D eigenvalue weighted by molar-refractivity contribution is 5.67. The average Bonchev–Trinajstić information content (AvgIpc) is 2.49. The van der Waals surface area contributed by atoms with E-state index in [9.17, 15) is 9.59 Å². The molecule has 1 aromatic carbocycles. The summed E-state index contributed by atoms with van der Waals surface area (Å²) >= 11 is 0. The van der Waals surface area contributed by atoms with Crippen molar-refractivity contribution in [1.29, 1.82) is 0 Å². The summed E-state index contributed by atoms with van der Waals surface area (Å²) in [7, 11) is 0. The van der Waals surface area contributed by atoms with Gasteiger partial charge in [0.25, 0.3) is 0 Å². The molecule has 22 heavy (non-hydrogen) atoms. The molecular weight excluding hydrogens is 282 g/mol. The van der Waals surface area contributed by atoms with Gasteiger partial charge in [-0.1, -0.05) is 49.6 Å². The van der Waals surface area contributed by atoms with Crippen molar-refractivity contribution in [2.45, 2.75) is 58.1 Å². The van der Waals surface area contributed by atoms with Gasteiger partial charge in [0.1, 0.15) is 6.61 Å². The zero-order valence-electron chi connectivity index (χ0n) is 13.1. The molecule has 2 N–H and O–H groups in total. The summed E-state index contributed by atoms with van der Waals surface area (Å²) in [6, 6.07) is 9.61. The van der Waals surface area contributed by atoms with Gasteiger partial charge in [-0.2, -0.15) is 0 Å². The van der Waals surface area contributed by atoms with Gasteiger partial charge in [-0.25, -0.2) is 4.79 Å². The second kappa shape index (κ2) is 10.7. The van der Waals surface area contributed by atoms with Crippen LogP contribution in [0.2, 0.25) is 0 Å². The smallest absolute Gasteiger partial charge is 0.407 e. The summed E-state index contributed by atoms with van der Waals surface area (Å²) in [6.07, 6.45) is 4.29. The van der Waals surface area contributed by atoms with Crippen LogP contribution in [-0.4, -0.2) is 23.2 Å². The van der Waals surface area contributed by atoms with Crippen LogP contribution >= 0.6 is 0 Å². The van der Waals surface area contributed by atoms with Crippen molar-refractivity contribution < 1.29 is 19.4 Å². The SMILES string of the molecule is CC(CCCCCCC(=O)O)NC(=O)OCc1ccccc1. The third-order valence-electron chi connectivity index (χ3n) is 3.35. The molecule has 122 valence electrons. The molecule has 0 aromatic heterocycles. The van der Waals surface area contributed by atoms with Crippen LogP contribution in [0.25, 0.3) is 0 Å². The highest BCUT2D eigenvalue weighted by atomic mass is 16.5. The van der Waals surface area contributed by atoms with E-state index in [1.54, 1.807) is 0 Å². The van der Waals surface area contributed by atoms with Gasteiger partial charge in [-0.05, 0) is 25.3 Å². The predicted octanol–water partition coefficient (Wildman–Crippen LogP) is 3.73. The molecule has 0 spiro atoms. The second-order valence-electron chi connectivity index (χ2n) is 5.45. The van der Waals surface area contributed by atoms with Crippen molar-refractivity contribution in [2.75, 3.05) is 0 Å². The van der Waals surface area contributed by atoms with Crippen LogP contribution in [0.4, 0.5) is 4.79 Å². The number of carboxylic acid groups (broad SMARTS) is 1. The Balaban J connectivity index is 2.05. The molecule has 5 nitrogen and oxygen atoms in total. The van der Waals surface area contributed by atoms with Gasteiger partial charge >= 0.3 is 12.1 Å². The van der Waals surface area contributed by atoms with E-state index in [1.165, 1.54) is 0 Å². The maximum Gasteiger partial charge on any atom is 0.407 e. The van der Waals surface area contributed by atoms with Gasteiger partial charge in [0.15, 0.2) is 0 Å². The van der Waals surface area contributed by atoms with Crippen molar-refractivity contribution >= 4 is 12.1 Å². The summed E-state index contributed by atoms with van der Waals surface area (Å²) in [5, 5.41) is 11.3. The van der Waals surface area contributed by atoms with Crippen LogP contribution in [0.1, 0.15) is 51.0 Å². The van der Waals surface area contributed by atoms with Gasteiger partial charge in [-0.15, -0.1) is 0 Å². The molecule has 1 aromatic rings. The number of unbranched alkanes of at least 4 members (excludes halogenated alkanes) is 3. The monoisotopic (exact) mass is 307 g/mol. The molecule has 0 saturated heterocycles. The normalized spacial score (nSPS) is 11.7. The van der Waals surface area contributed by atoms with E-state index in [2.05, 4.69) is 5.32 Å². The van der Waals surface area contributed by atoms with Crippen LogP contribution in [0.15, 0.2) is 30.3 Å². The van der Waals surface area contributed by atoms with Crippen LogP contribution in [-0.2, 0) is 16.1 Å². The standard InChI is InChI=1S/C17H25NO4/c1-14(9-5-2-3-8-12-16(19)20)18-17(21)22-13-15-10-6-4-7-11-15/h4,6-7,10-11,14H,2-3,5,8-9,12-13H2,1H3,(H,18,21)(H,19,20). The first-order chi connectivity index (χ1) is 10.6. The lowest BCUT2D eigenvalue weighted by Gasteiger charge is -2.14. The fourth-order valence-electron chi connectivity index (χ4n) is 2.12. The Morgan fingerprint density at radius 2 is 1.82 bits per heavy atom. The van der Waals surface area contributed by atoms with Crippen molar-refractivity contribution in [3.63, 3.8) is 0 Å². The van der Waals surface area contributed by atoms with Gasteiger partial charge in [-0.3, -0.25) is 4.79 Å². The number of carbonyl (C=O) groups excluding carboxylic acids is 1. The minimum atomic E-state index is -0.740. The van der Waals surface area contributed by atoms with Crippen molar-refractivity contribution in [1.82, 2.24) is 5.32 Å². The molecule has 5 heteroatoms. The van der Waals surface area contributed by atoms with Gasteiger partial charge < -0.3 is 15.2 Å². The zero-order valence-corrected chi connectivity index (χ0v) is 13.1. The summed E-state index contributed by atoms with van der Waals surface area (Å²) < 4.78 is 5.15. The number of carboxylic acids is 1. The average molecular weight is 307 g/mol. The Morgan fingerprint density at radius 1 is 1.14 bits per heavy atom. The Hall–Kier alpha value is -2.04. The largest absolute Gasteiger partial charge is 0.481 e. The third-order valence-corrected chi connectivity index (χ3v) is 3.35. The first-order valence-corrected chi connectivity index (χ1v) is 7.77. The lowest BCUT2D eigenvalue weighted by molar-refractivity contribution is -0.137. The van der Waals surface area contributed by atoms with Crippen LogP contribution in [0.5, 0.6) is 0 Å². The number of hydrogen-bond acceptors (Lipinski definition) is 3. The van der Waals surface area contributed by atoms with E-state index >= 15 is 0 Å². The van der Waals surface area contributed by atoms with E-state index in [4.69, 9.17) is 9.84 Å². The van der Waals surface area contributed by atoms with Gasteiger partial charge in [0.2, 0.25) is 0 Å². The lowest BCUT2D eigenvalue weighted by Crippen LogP contribution is -2.32. The molecule has 0 bridgehead atoms.